The highest BCUT2D eigenvalue weighted by Gasteiger charge is 2.07. The first-order valence-electron chi connectivity index (χ1n) is 3.08. The van der Waals surface area contributed by atoms with E-state index >= 15 is 0 Å². The first-order chi connectivity index (χ1) is 5.54. The van der Waals surface area contributed by atoms with Crippen molar-refractivity contribution in [3.05, 3.63) is 29.8 Å². The summed E-state index contributed by atoms with van der Waals surface area (Å²) in [4.78, 5) is -0.151. The summed E-state index contributed by atoms with van der Waals surface area (Å²) in [7, 11) is -4.10. The second kappa shape index (κ2) is 2.97. The Labute approximate surface area is 70.8 Å². The highest BCUT2D eigenvalue weighted by molar-refractivity contribution is 7.85. The summed E-state index contributed by atoms with van der Waals surface area (Å²) in [5, 5.41) is 0. The van der Waals surface area contributed by atoms with E-state index in [2.05, 4.69) is 5.92 Å². The Morgan fingerprint density at radius 1 is 1.25 bits per heavy atom. The molecule has 0 unspecified atom stereocenters. The van der Waals surface area contributed by atoms with Crippen LogP contribution in [-0.2, 0) is 10.1 Å². The molecular formula is C8H6O3S. The zero-order chi connectivity index (χ0) is 9.19. The van der Waals surface area contributed by atoms with Gasteiger partial charge in [-0.2, -0.15) is 8.42 Å². The van der Waals surface area contributed by atoms with E-state index in [0.29, 0.717) is 5.56 Å². The summed E-state index contributed by atoms with van der Waals surface area (Å²) in [6.45, 7) is 0. The molecule has 0 radical (unpaired) electrons. The van der Waals surface area contributed by atoms with Crippen LogP contribution in [0.4, 0.5) is 0 Å². The van der Waals surface area contributed by atoms with Crippen LogP contribution in [0.1, 0.15) is 5.56 Å². The van der Waals surface area contributed by atoms with Gasteiger partial charge in [0.05, 0.1) is 4.90 Å². The Bertz CT molecular complexity index is 409. The third-order valence-electron chi connectivity index (χ3n) is 1.32. The number of hydrogen-bond donors (Lipinski definition) is 1. The molecule has 0 bridgehead atoms. The smallest absolute Gasteiger partial charge is 0.282 e. The van der Waals surface area contributed by atoms with Crippen molar-refractivity contribution in [3.8, 4) is 12.3 Å². The van der Waals surface area contributed by atoms with Crippen LogP contribution in [0, 0.1) is 12.3 Å². The Hall–Kier alpha value is -1.31. The lowest BCUT2D eigenvalue weighted by molar-refractivity contribution is 0.483. The van der Waals surface area contributed by atoms with Crippen LogP contribution in [0.3, 0.4) is 0 Å². The maximum Gasteiger partial charge on any atom is 0.294 e. The predicted octanol–water partition coefficient (Wildman–Crippen LogP) is 0.915. The summed E-state index contributed by atoms with van der Waals surface area (Å²) in [5.41, 5.74) is 0.572. The average Bonchev–Trinajstić information content (AvgIpc) is 2.03. The fourth-order valence-electron chi connectivity index (χ4n) is 0.723. The van der Waals surface area contributed by atoms with Gasteiger partial charge in [0.15, 0.2) is 0 Å². The largest absolute Gasteiger partial charge is 0.294 e. The van der Waals surface area contributed by atoms with Crippen molar-refractivity contribution in [2.24, 2.45) is 0 Å². The highest BCUT2D eigenvalue weighted by Crippen LogP contribution is 2.08. The molecule has 0 amide bonds. The molecule has 1 aromatic rings. The van der Waals surface area contributed by atoms with Gasteiger partial charge >= 0.3 is 0 Å². The summed E-state index contributed by atoms with van der Waals surface area (Å²) < 4.78 is 29.6. The van der Waals surface area contributed by atoms with Crippen molar-refractivity contribution >= 4 is 10.1 Å². The van der Waals surface area contributed by atoms with E-state index in [1.165, 1.54) is 24.3 Å². The maximum absolute atomic E-state index is 10.5. The molecule has 0 aliphatic rings. The molecule has 1 aromatic carbocycles. The van der Waals surface area contributed by atoms with Gasteiger partial charge in [-0.3, -0.25) is 4.55 Å². The Morgan fingerprint density at radius 2 is 1.75 bits per heavy atom. The van der Waals surface area contributed by atoms with Crippen LogP contribution in [0.25, 0.3) is 0 Å². The number of rotatable bonds is 1. The van der Waals surface area contributed by atoms with Gasteiger partial charge in [-0.05, 0) is 24.3 Å². The average molecular weight is 182 g/mol. The lowest BCUT2D eigenvalue weighted by Crippen LogP contribution is -1.97. The van der Waals surface area contributed by atoms with Crippen LogP contribution >= 0.6 is 0 Å². The molecule has 0 heterocycles. The SMILES string of the molecule is C#Cc1ccc(S(=O)(=O)O)cc1. The lowest BCUT2D eigenvalue weighted by Gasteiger charge is -1.95. The van der Waals surface area contributed by atoms with Crippen molar-refractivity contribution in [2.75, 3.05) is 0 Å². The molecule has 0 saturated heterocycles. The first-order valence-corrected chi connectivity index (χ1v) is 4.52. The van der Waals surface area contributed by atoms with E-state index in [4.69, 9.17) is 11.0 Å². The molecule has 0 spiro atoms. The van der Waals surface area contributed by atoms with Gasteiger partial charge in [0.2, 0.25) is 0 Å². The van der Waals surface area contributed by atoms with Gasteiger partial charge in [0.25, 0.3) is 10.1 Å². The molecule has 62 valence electrons. The summed E-state index contributed by atoms with van der Waals surface area (Å²) in [6.07, 6.45) is 5.05. The molecular weight excluding hydrogens is 176 g/mol. The molecule has 0 saturated carbocycles. The quantitative estimate of drug-likeness (QED) is 0.519. The third kappa shape index (κ3) is 1.84. The standard InChI is InChI=1S/C8H6O3S/c1-2-7-3-5-8(6-4-7)12(9,10)11/h1,3-6H,(H,9,10,11). The van der Waals surface area contributed by atoms with Crippen LogP contribution < -0.4 is 0 Å². The van der Waals surface area contributed by atoms with Crippen LogP contribution in [0.2, 0.25) is 0 Å². The normalized spacial score (nSPS) is 10.7. The van der Waals surface area contributed by atoms with Gasteiger partial charge < -0.3 is 0 Å². The van der Waals surface area contributed by atoms with E-state index in [0.717, 1.165) is 0 Å². The highest BCUT2D eigenvalue weighted by atomic mass is 32.2. The zero-order valence-corrected chi connectivity index (χ0v) is 6.88. The Morgan fingerprint density at radius 3 is 2.08 bits per heavy atom. The second-order valence-electron chi connectivity index (χ2n) is 2.14. The number of benzene rings is 1. The topological polar surface area (TPSA) is 54.4 Å². The molecule has 3 nitrogen and oxygen atoms in total. The fourth-order valence-corrected chi connectivity index (χ4v) is 1.20. The van der Waals surface area contributed by atoms with Gasteiger partial charge in [-0.15, -0.1) is 6.42 Å². The molecule has 0 aliphatic carbocycles. The second-order valence-corrected chi connectivity index (χ2v) is 3.57. The van der Waals surface area contributed by atoms with Gasteiger partial charge in [-0.1, -0.05) is 5.92 Å². The lowest BCUT2D eigenvalue weighted by atomic mass is 10.2. The van der Waals surface area contributed by atoms with Crippen LogP contribution in [0.15, 0.2) is 29.2 Å². The van der Waals surface area contributed by atoms with Crippen LogP contribution in [-0.4, -0.2) is 13.0 Å². The Balaban J connectivity index is 3.20. The zero-order valence-electron chi connectivity index (χ0n) is 6.06. The van der Waals surface area contributed by atoms with E-state index in [9.17, 15) is 8.42 Å². The third-order valence-corrected chi connectivity index (χ3v) is 2.19. The molecule has 4 heteroatoms. The van der Waals surface area contributed by atoms with Crippen molar-refractivity contribution in [3.63, 3.8) is 0 Å². The van der Waals surface area contributed by atoms with E-state index in [-0.39, 0.29) is 4.90 Å². The Kier molecular flexibility index (Phi) is 2.18. The fraction of sp³-hybridized carbons (Fsp3) is 0. The van der Waals surface area contributed by atoms with Crippen molar-refractivity contribution in [2.45, 2.75) is 4.90 Å². The van der Waals surface area contributed by atoms with E-state index < -0.39 is 10.1 Å². The number of hydrogen-bond acceptors (Lipinski definition) is 2. The van der Waals surface area contributed by atoms with E-state index in [1.807, 2.05) is 0 Å². The van der Waals surface area contributed by atoms with Gasteiger partial charge in [0, 0.05) is 5.56 Å². The molecule has 12 heavy (non-hydrogen) atoms. The predicted molar refractivity (Wildman–Crippen MR) is 44.2 cm³/mol. The minimum atomic E-state index is -4.10. The molecule has 1 N–H and O–H groups in total. The van der Waals surface area contributed by atoms with Gasteiger partial charge in [0.1, 0.15) is 0 Å². The molecule has 0 fully saturated rings. The molecule has 0 aliphatic heterocycles. The van der Waals surface area contributed by atoms with Gasteiger partial charge in [-0.25, -0.2) is 0 Å². The molecule has 1 rings (SSSR count). The first kappa shape index (κ1) is 8.78. The minimum absolute atomic E-state index is 0.151. The summed E-state index contributed by atoms with van der Waals surface area (Å²) in [6, 6.07) is 5.40. The minimum Gasteiger partial charge on any atom is -0.282 e. The van der Waals surface area contributed by atoms with Crippen LogP contribution in [0.5, 0.6) is 0 Å². The number of terminal acetylenes is 1. The van der Waals surface area contributed by atoms with E-state index in [1.54, 1.807) is 0 Å². The molecule has 0 aromatic heterocycles. The monoisotopic (exact) mass is 182 g/mol. The van der Waals surface area contributed by atoms with Crippen molar-refractivity contribution in [1.29, 1.82) is 0 Å². The maximum atomic E-state index is 10.5. The van der Waals surface area contributed by atoms with Crippen molar-refractivity contribution in [1.82, 2.24) is 0 Å². The van der Waals surface area contributed by atoms with Crippen molar-refractivity contribution < 1.29 is 13.0 Å². The summed E-state index contributed by atoms with van der Waals surface area (Å²) >= 11 is 0. The molecule has 0 atom stereocenters. The summed E-state index contributed by atoms with van der Waals surface area (Å²) in [5.74, 6) is 2.33.